The first kappa shape index (κ1) is 28.7. The molecule has 0 spiro atoms. The maximum Gasteiger partial charge on any atom is 0.238 e. The molecule has 0 atom stereocenters. The Morgan fingerprint density at radius 1 is 0.606 bits per heavy atom. The Kier molecular flexibility index (Phi) is 9.30. The Morgan fingerprint density at radius 2 is 0.848 bits per heavy atom. The molecule has 0 N–H and O–H groups in total. The zero-order valence-electron chi connectivity index (χ0n) is 21.7. The second-order valence-corrected chi connectivity index (χ2v) is 11.1. The first-order chi connectivity index (χ1) is 14.7. The van der Waals surface area contributed by atoms with Gasteiger partial charge in [0.25, 0.3) is 0 Å². The van der Waals surface area contributed by atoms with Gasteiger partial charge in [-0.3, -0.25) is 0 Å². The van der Waals surface area contributed by atoms with Crippen molar-refractivity contribution in [2.24, 2.45) is 0 Å². The third-order valence-corrected chi connectivity index (χ3v) is 5.01. The van der Waals surface area contributed by atoms with Crippen LogP contribution in [0.3, 0.4) is 0 Å². The molecule has 0 fully saturated rings. The Hall–Kier alpha value is -2.37. The molecule has 0 saturated heterocycles. The van der Waals surface area contributed by atoms with E-state index < -0.39 is 0 Å². The summed E-state index contributed by atoms with van der Waals surface area (Å²) >= 11 is 0. The molecule has 181 valence electrons. The summed E-state index contributed by atoms with van der Waals surface area (Å²) in [5.74, 6) is 0. The molecule has 33 heavy (non-hydrogen) atoms. The van der Waals surface area contributed by atoms with Gasteiger partial charge in [-0.2, -0.15) is 15.3 Å². The van der Waals surface area contributed by atoms with Crippen LogP contribution in [-0.2, 0) is 33.3 Å². The average molecular weight is 492 g/mol. The minimum Gasteiger partial charge on any atom is -0.227 e. The van der Waals surface area contributed by atoms with Crippen molar-refractivity contribution in [2.75, 3.05) is 0 Å². The van der Waals surface area contributed by atoms with Gasteiger partial charge in [-0.25, -0.2) is 14.0 Å². The number of hydrogen-bond donors (Lipinski definition) is 0. The van der Waals surface area contributed by atoms with Crippen LogP contribution in [0.2, 0.25) is 0 Å². The topological polar surface area (TPSA) is 53.5 Å². The zero-order valence-corrected chi connectivity index (χ0v) is 22.9. The fraction of sp³-hybridized carbons (Fsp3) is 0.500. The molecular formula is C26H40MnN6. The van der Waals surface area contributed by atoms with E-state index in [1.165, 1.54) is 0 Å². The minimum atomic E-state index is -0.289. The van der Waals surface area contributed by atoms with Gasteiger partial charge in [0.05, 0.1) is 17.1 Å². The van der Waals surface area contributed by atoms with Crippen molar-refractivity contribution in [3.63, 3.8) is 0 Å². The molecule has 0 saturated carbocycles. The molecule has 6 nitrogen and oxygen atoms in total. The summed E-state index contributed by atoms with van der Waals surface area (Å²) in [5, 5.41) is 14.6. The average Bonchev–Trinajstić information content (AvgIpc) is 3.41. The number of rotatable bonds is 4. The van der Waals surface area contributed by atoms with Gasteiger partial charge >= 0.3 is 0 Å². The van der Waals surface area contributed by atoms with Gasteiger partial charge in [-0.05, 0) is 18.2 Å². The van der Waals surface area contributed by atoms with Crippen LogP contribution in [-0.4, -0.2) is 29.3 Å². The van der Waals surface area contributed by atoms with E-state index in [0.717, 1.165) is 17.1 Å². The van der Waals surface area contributed by atoms with Gasteiger partial charge in [0.1, 0.15) is 0 Å². The van der Waals surface area contributed by atoms with Gasteiger partial charge in [0.2, 0.25) is 6.29 Å². The molecule has 0 aromatic carbocycles. The molecule has 0 aliphatic carbocycles. The standard InChI is InChI=1S/C22H34N6.C4H6.Mn/c1-20(2,3)16-10-13-26(23-16)19(27-14-11-17(24-27)21(4,5)6)28-15-12-18(25-28)22(7,8)9;1-3-4-2;/h10-15,19H,1-9H3;3-4H,1-2H2;. The fourth-order valence-corrected chi connectivity index (χ4v) is 2.96. The van der Waals surface area contributed by atoms with Crippen LogP contribution in [0.15, 0.2) is 62.1 Å². The van der Waals surface area contributed by atoms with Gasteiger partial charge in [-0.1, -0.05) is 87.6 Å². The van der Waals surface area contributed by atoms with Crippen molar-refractivity contribution < 1.29 is 17.1 Å². The summed E-state index contributed by atoms with van der Waals surface area (Å²) in [6.45, 7) is 26.3. The van der Waals surface area contributed by atoms with Crippen LogP contribution in [0.4, 0.5) is 0 Å². The largest absolute Gasteiger partial charge is 0.238 e. The van der Waals surface area contributed by atoms with E-state index >= 15 is 0 Å². The third kappa shape index (κ3) is 7.31. The molecular weight excluding hydrogens is 451 g/mol. The van der Waals surface area contributed by atoms with Gasteiger partial charge in [0, 0.05) is 51.9 Å². The van der Waals surface area contributed by atoms with Crippen molar-refractivity contribution >= 4 is 0 Å². The van der Waals surface area contributed by atoms with E-state index in [4.69, 9.17) is 15.3 Å². The number of allylic oxidation sites excluding steroid dienone is 2. The molecule has 1 radical (unpaired) electrons. The second-order valence-electron chi connectivity index (χ2n) is 11.1. The smallest absolute Gasteiger partial charge is 0.227 e. The minimum absolute atomic E-state index is 0. The maximum absolute atomic E-state index is 4.87. The summed E-state index contributed by atoms with van der Waals surface area (Å²) in [6, 6.07) is 6.24. The zero-order chi connectivity index (χ0) is 24.3. The summed E-state index contributed by atoms with van der Waals surface area (Å²) in [6.07, 6.45) is 9.04. The van der Waals surface area contributed by atoms with Crippen LogP contribution in [0, 0.1) is 0 Å². The number of aromatic nitrogens is 6. The van der Waals surface area contributed by atoms with Crippen molar-refractivity contribution in [3.05, 3.63) is 79.2 Å². The fourth-order valence-electron chi connectivity index (χ4n) is 2.96. The first-order valence-corrected chi connectivity index (χ1v) is 11.1. The van der Waals surface area contributed by atoms with E-state index in [2.05, 4.69) is 93.7 Å². The predicted molar refractivity (Wildman–Crippen MR) is 133 cm³/mol. The summed E-state index contributed by atoms with van der Waals surface area (Å²) in [4.78, 5) is 0. The van der Waals surface area contributed by atoms with E-state index in [1.807, 2.05) is 32.6 Å². The Bertz CT molecular complexity index is 904. The van der Waals surface area contributed by atoms with E-state index in [-0.39, 0.29) is 39.6 Å². The Balaban J connectivity index is 0.00000101. The van der Waals surface area contributed by atoms with Gasteiger partial charge in [-0.15, -0.1) is 0 Å². The Labute approximate surface area is 210 Å². The SMILES string of the molecule is C=CC=C.CC(C)(C)c1ccn(C(n2ccc(C(C)(C)C)n2)n2ccc(C(C)(C)C)n2)n1.[Mn]. The summed E-state index contributed by atoms with van der Waals surface area (Å²) in [7, 11) is 0. The molecule has 0 aliphatic rings. The Morgan fingerprint density at radius 3 is 1.00 bits per heavy atom. The maximum atomic E-state index is 4.87. The molecule has 3 heterocycles. The summed E-state index contributed by atoms with van der Waals surface area (Å²) < 4.78 is 5.83. The predicted octanol–water partition coefficient (Wildman–Crippen LogP) is 6.08. The van der Waals surface area contributed by atoms with Crippen molar-refractivity contribution in [1.29, 1.82) is 0 Å². The van der Waals surface area contributed by atoms with Crippen LogP contribution >= 0.6 is 0 Å². The first-order valence-electron chi connectivity index (χ1n) is 11.1. The molecule has 0 bridgehead atoms. The van der Waals surface area contributed by atoms with Crippen LogP contribution in [0.1, 0.15) is 85.7 Å². The third-order valence-electron chi connectivity index (χ3n) is 5.01. The number of hydrogen-bond acceptors (Lipinski definition) is 3. The monoisotopic (exact) mass is 491 g/mol. The van der Waals surface area contributed by atoms with Crippen molar-refractivity contribution in [1.82, 2.24) is 29.3 Å². The molecule has 3 aromatic rings. The van der Waals surface area contributed by atoms with E-state index in [0.29, 0.717) is 0 Å². The summed E-state index contributed by atoms with van der Waals surface area (Å²) in [5.41, 5.74) is 3.09. The number of nitrogens with zero attached hydrogens (tertiary/aromatic N) is 6. The van der Waals surface area contributed by atoms with Gasteiger partial charge in [0.15, 0.2) is 0 Å². The van der Waals surface area contributed by atoms with Gasteiger partial charge < -0.3 is 0 Å². The van der Waals surface area contributed by atoms with Crippen LogP contribution in [0.5, 0.6) is 0 Å². The quantitative estimate of drug-likeness (QED) is 0.328. The van der Waals surface area contributed by atoms with E-state index in [9.17, 15) is 0 Å². The molecule has 3 rings (SSSR count). The van der Waals surface area contributed by atoms with E-state index in [1.54, 1.807) is 12.2 Å². The molecule has 3 aromatic heterocycles. The van der Waals surface area contributed by atoms with Crippen molar-refractivity contribution in [3.8, 4) is 0 Å². The molecule has 0 aliphatic heterocycles. The molecule has 0 amide bonds. The van der Waals surface area contributed by atoms with Crippen LogP contribution in [0.25, 0.3) is 0 Å². The second kappa shape index (κ2) is 10.7. The molecule has 0 unspecified atom stereocenters. The molecule has 7 heteroatoms. The van der Waals surface area contributed by atoms with Crippen LogP contribution < -0.4 is 0 Å². The van der Waals surface area contributed by atoms with Crippen molar-refractivity contribution in [2.45, 2.75) is 84.8 Å². The normalized spacial score (nSPS) is 12.1.